The highest BCUT2D eigenvalue weighted by molar-refractivity contribution is 5.92. The molecular weight excluding hydrogens is 252 g/mol. The highest BCUT2D eigenvalue weighted by atomic mass is 16.6. The molecule has 0 radical (unpaired) electrons. The lowest BCUT2D eigenvalue weighted by molar-refractivity contribution is -0.138. The van der Waals surface area contributed by atoms with E-state index in [9.17, 15) is 9.90 Å². The molecular formula is C17H28O3. The lowest BCUT2D eigenvalue weighted by atomic mass is 10.0. The quantitative estimate of drug-likeness (QED) is 0.285. The molecule has 1 fully saturated rings. The number of aliphatic hydroxyl groups excluding tert-OH is 1. The number of ether oxygens (including phenoxy) is 1. The van der Waals surface area contributed by atoms with Gasteiger partial charge in [-0.25, -0.2) is 4.79 Å². The number of carbonyl (C=O) groups excluding carboxylic acids is 1. The van der Waals surface area contributed by atoms with Crippen molar-refractivity contribution in [3.63, 3.8) is 0 Å². The largest absolute Gasteiger partial charge is 0.456 e. The van der Waals surface area contributed by atoms with Crippen molar-refractivity contribution in [2.24, 2.45) is 0 Å². The van der Waals surface area contributed by atoms with Crippen LogP contribution in [-0.2, 0) is 9.53 Å². The average molecular weight is 280 g/mol. The Balaban J connectivity index is 2.02. The molecule has 1 aliphatic rings. The minimum Gasteiger partial charge on any atom is -0.456 e. The molecule has 3 nitrogen and oxygen atoms in total. The SMILES string of the molecule is C=CCCCCCCCCC/C=C1\C(=O)O[C@@H](C)[C@@H]1O. The molecule has 0 unspecified atom stereocenters. The summed E-state index contributed by atoms with van der Waals surface area (Å²) in [7, 11) is 0. The van der Waals surface area contributed by atoms with Crippen LogP contribution in [0.5, 0.6) is 0 Å². The molecule has 1 aliphatic heterocycles. The third-order valence-corrected chi connectivity index (χ3v) is 3.77. The van der Waals surface area contributed by atoms with Gasteiger partial charge < -0.3 is 9.84 Å². The van der Waals surface area contributed by atoms with E-state index in [1.54, 1.807) is 6.92 Å². The molecule has 0 aromatic carbocycles. The minimum absolute atomic E-state index is 0.354. The molecule has 0 amide bonds. The van der Waals surface area contributed by atoms with Crippen LogP contribution in [0.25, 0.3) is 0 Å². The van der Waals surface area contributed by atoms with Crippen molar-refractivity contribution >= 4 is 5.97 Å². The minimum atomic E-state index is -0.743. The van der Waals surface area contributed by atoms with Gasteiger partial charge >= 0.3 is 5.97 Å². The molecule has 0 saturated carbocycles. The Kier molecular flexibility index (Phi) is 8.28. The summed E-state index contributed by atoms with van der Waals surface area (Å²) in [6, 6.07) is 0. The van der Waals surface area contributed by atoms with E-state index in [1.807, 2.05) is 12.2 Å². The second kappa shape index (κ2) is 9.76. The van der Waals surface area contributed by atoms with Crippen LogP contribution in [0.1, 0.15) is 64.7 Å². The highest BCUT2D eigenvalue weighted by Gasteiger charge is 2.34. The zero-order chi connectivity index (χ0) is 14.8. The maximum absolute atomic E-state index is 11.4. The van der Waals surface area contributed by atoms with Crippen LogP contribution in [0, 0.1) is 0 Å². The van der Waals surface area contributed by atoms with Gasteiger partial charge in [-0.1, -0.05) is 44.3 Å². The van der Waals surface area contributed by atoms with E-state index in [0.717, 1.165) is 19.3 Å². The van der Waals surface area contributed by atoms with Crippen molar-refractivity contribution < 1.29 is 14.6 Å². The summed E-state index contributed by atoms with van der Waals surface area (Å²) in [6.45, 7) is 5.44. The van der Waals surface area contributed by atoms with Gasteiger partial charge in [-0.15, -0.1) is 6.58 Å². The highest BCUT2D eigenvalue weighted by Crippen LogP contribution is 2.22. The first-order valence-electron chi connectivity index (χ1n) is 7.86. The van der Waals surface area contributed by atoms with Crippen molar-refractivity contribution in [3.05, 3.63) is 24.3 Å². The van der Waals surface area contributed by atoms with Gasteiger partial charge in [0.15, 0.2) is 0 Å². The average Bonchev–Trinajstić information content (AvgIpc) is 2.67. The van der Waals surface area contributed by atoms with E-state index in [4.69, 9.17) is 4.74 Å². The predicted molar refractivity (Wildman–Crippen MR) is 81.4 cm³/mol. The Hall–Kier alpha value is -1.09. The Morgan fingerprint density at radius 1 is 1.10 bits per heavy atom. The zero-order valence-corrected chi connectivity index (χ0v) is 12.6. The molecule has 0 aromatic rings. The summed E-state index contributed by atoms with van der Waals surface area (Å²) in [4.78, 5) is 11.4. The van der Waals surface area contributed by atoms with Gasteiger partial charge in [0.25, 0.3) is 0 Å². The van der Waals surface area contributed by atoms with E-state index in [2.05, 4.69) is 6.58 Å². The first kappa shape index (κ1) is 17.0. The number of aliphatic hydroxyl groups is 1. The number of hydrogen-bond acceptors (Lipinski definition) is 3. The summed E-state index contributed by atoms with van der Waals surface area (Å²) >= 11 is 0. The van der Waals surface area contributed by atoms with E-state index in [0.29, 0.717) is 5.57 Å². The van der Waals surface area contributed by atoms with Gasteiger partial charge in [0.2, 0.25) is 0 Å². The van der Waals surface area contributed by atoms with Crippen molar-refractivity contribution in [1.29, 1.82) is 0 Å². The van der Waals surface area contributed by atoms with Crippen molar-refractivity contribution in [1.82, 2.24) is 0 Å². The Morgan fingerprint density at radius 3 is 2.15 bits per heavy atom. The lowest BCUT2D eigenvalue weighted by Gasteiger charge is -2.04. The molecule has 1 N–H and O–H groups in total. The van der Waals surface area contributed by atoms with Crippen molar-refractivity contribution in [3.8, 4) is 0 Å². The van der Waals surface area contributed by atoms with Crippen LogP contribution in [0.4, 0.5) is 0 Å². The van der Waals surface area contributed by atoms with E-state index < -0.39 is 12.2 Å². The van der Waals surface area contributed by atoms with Crippen LogP contribution in [0.15, 0.2) is 24.3 Å². The number of rotatable bonds is 10. The van der Waals surface area contributed by atoms with E-state index >= 15 is 0 Å². The van der Waals surface area contributed by atoms with E-state index in [-0.39, 0.29) is 5.97 Å². The molecule has 114 valence electrons. The fourth-order valence-corrected chi connectivity index (χ4v) is 2.45. The second-order valence-corrected chi connectivity index (χ2v) is 5.56. The Labute approximate surface area is 122 Å². The number of carbonyl (C=O) groups is 1. The summed E-state index contributed by atoms with van der Waals surface area (Å²) in [5.41, 5.74) is 0.446. The summed E-state index contributed by atoms with van der Waals surface area (Å²) in [5, 5.41) is 9.75. The molecule has 1 saturated heterocycles. The summed E-state index contributed by atoms with van der Waals surface area (Å²) < 4.78 is 4.96. The fourth-order valence-electron chi connectivity index (χ4n) is 2.45. The molecule has 0 spiro atoms. The van der Waals surface area contributed by atoms with Gasteiger partial charge in [0, 0.05) is 0 Å². The third kappa shape index (κ3) is 5.91. The topological polar surface area (TPSA) is 46.5 Å². The number of cyclic esters (lactones) is 1. The van der Waals surface area contributed by atoms with Gasteiger partial charge in [0.1, 0.15) is 12.2 Å². The van der Waals surface area contributed by atoms with E-state index in [1.165, 1.54) is 38.5 Å². The molecule has 2 atom stereocenters. The van der Waals surface area contributed by atoms with Crippen LogP contribution < -0.4 is 0 Å². The first-order valence-corrected chi connectivity index (χ1v) is 7.86. The fraction of sp³-hybridized carbons (Fsp3) is 0.706. The number of esters is 1. The third-order valence-electron chi connectivity index (χ3n) is 3.77. The first-order chi connectivity index (χ1) is 9.66. The van der Waals surface area contributed by atoms with Crippen LogP contribution in [-0.4, -0.2) is 23.3 Å². The zero-order valence-electron chi connectivity index (χ0n) is 12.6. The standard InChI is InChI=1S/C17H28O3/c1-3-4-5-6-7-8-9-10-11-12-13-15-16(18)14(2)20-17(15)19/h3,13-14,16,18H,1,4-12H2,2H3/b15-13-/t14-,16-/m0/s1. The predicted octanol–water partition coefficient (Wildman–Crippen LogP) is 3.92. The Bertz CT molecular complexity index is 333. The summed E-state index contributed by atoms with van der Waals surface area (Å²) in [6.07, 6.45) is 13.3. The van der Waals surface area contributed by atoms with Gasteiger partial charge in [-0.2, -0.15) is 0 Å². The lowest BCUT2D eigenvalue weighted by Crippen LogP contribution is -2.17. The van der Waals surface area contributed by atoms with Crippen LogP contribution in [0.3, 0.4) is 0 Å². The normalized spacial score (nSPS) is 24.1. The van der Waals surface area contributed by atoms with Crippen molar-refractivity contribution in [2.75, 3.05) is 0 Å². The number of hydrogen-bond donors (Lipinski definition) is 1. The number of unbranched alkanes of at least 4 members (excludes halogenated alkanes) is 8. The smallest absolute Gasteiger partial charge is 0.336 e. The molecule has 1 heterocycles. The second-order valence-electron chi connectivity index (χ2n) is 5.56. The molecule has 0 aliphatic carbocycles. The molecule has 0 bridgehead atoms. The maximum atomic E-state index is 11.4. The summed E-state index contributed by atoms with van der Waals surface area (Å²) in [5.74, 6) is -0.354. The maximum Gasteiger partial charge on any atom is 0.336 e. The number of allylic oxidation sites excluding steroid dienone is 2. The molecule has 0 aromatic heterocycles. The molecule has 1 rings (SSSR count). The molecule has 20 heavy (non-hydrogen) atoms. The van der Waals surface area contributed by atoms with Gasteiger partial charge in [-0.05, 0) is 32.6 Å². The van der Waals surface area contributed by atoms with Gasteiger partial charge in [0.05, 0.1) is 5.57 Å². The van der Waals surface area contributed by atoms with Crippen LogP contribution >= 0.6 is 0 Å². The van der Waals surface area contributed by atoms with Crippen molar-refractivity contribution in [2.45, 2.75) is 76.9 Å². The Morgan fingerprint density at radius 2 is 1.65 bits per heavy atom. The molecule has 3 heteroatoms. The monoisotopic (exact) mass is 280 g/mol. The van der Waals surface area contributed by atoms with Crippen LogP contribution in [0.2, 0.25) is 0 Å². The van der Waals surface area contributed by atoms with Gasteiger partial charge in [-0.3, -0.25) is 0 Å².